The largest absolute Gasteiger partial charge is 0.338 e. The number of anilines is 2. The molecule has 7 heteroatoms. The lowest BCUT2D eigenvalue weighted by Crippen LogP contribution is -2.38. The molecule has 1 aliphatic heterocycles. The molecule has 25 heavy (non-hydrogen) atoms. The second kappa shape index (κ2) is 7.13. The molecule has 1 aromatic heterocycles. The third kappa shape index (κ3) is 4.10. The highest BCUT2D eigenvalue weighted by molar-refractivity contribution is 5.93. The molecule has 1 aliphatic rings. The number of carbonyl (C=O) groups excluding carboxylic acids is 1. The van der Waals surface area contributed by atoms with Crippen LogP contribution in [0, 0.1) is 24.5 Å². The van der Waals surface area contributed by atoms with Gasteiger partial charge in [-0.3, -0.25) is 4.79 Å². The predicted molar refractivity (Wildman–Crippen MR) is 90.7 cm³/mol. The average Bonchev–Trinajstić information content (AvgIpc) is 2.57. The summed E-state index contributed by atoms with van der Waals surface area (Å²) in [7, 11) is 0. The number of halogens is 2. The number of amides is 1. The van der Waals surface area contributed by atoms with Crippen LogP contribution >= 0.6 is 0 Å². The van der Waals surface area contributed by atoms with Gasteiger partial charge in [-0.1, -0.05) is 6.92 Å². The summed E-state index contributed by atoms with van der Waals surface area (Å²) in [4.78, 5) is 22.8. The maximum atomic E-state index is 13.8. The van der Waals surface area contributed by atoms with Crippen LogP contribution in [0.3, 0.4) is 0 Å². The Hall–Kier alpha value is -2.57. The maximum Gasteiger partial charge on any atom is 0.272 e. The van der Waals surface area contributed by atoms with Gasteiger partial charge in [-0.2, -0.15) is 0 Å². The molecule has 1 saturated heterocycles. The van der Waals surface area contributed by atoms with Crippen LogP contribution in [0.1, 0.15) is 36.1 Å². The Morgan fingerprint density at radius 2 is 1.92 bits per heavy atom. The van der Waals surface area contributed by atoms with Gasteiger partial charge in [0.1, 0.15) is 29.0 Å². The summed E-state index contributed by atoms with van der Waals surface area (Å²) >= 11 is 0. The molecule has 1 amide bonds. The lowest BCUT2D eigenvalue weighted by atomic mass is 9.99. The van der Waals surface area contributed by atoms with Crippen molar-refractivity contribution in [3.05, 3.63) is 47.4 Å². The van der Waals surface area contributed by atoms with Crippen molar-refractivity contribution in [1.82, 2.24) is 14.9 Å². The van der Waals surface area contributed by atoms with Crippen molar-refractivity contribution in [3.8, 4) is 0 Å². The average molecular weight is 346 g/mol. The Morgan fingerprint density at radius 1 is 1.20 bits per heavy atom. The summed E-state index contributed by atoms with van der Waals surface area (Å²) in [6, 6.07) is 4.73. The van der Waals surface area contributed by atoms with Crippen LogP contribution in [0.2, 0.25) is 0 Å². The van der Waals surface area contributed by atoms with Crippen LogP contribution in [0.4, 0.5) is 20.3 Å². The fraction of sp³-hybridized carbons (Fsp3) is 0.389. The summed E-state index contributed by atoms with van der Waals surface area (Å²) < 4.78 is 26.8. The van der Waals surface area contributed by atoms with Crippen molar-refractivity contribution in [3.63, 3.8) is 0 Å². The van der Waals surface area contributed by atoms with Gasteiger partial charge in [0.15, 0.2) is 0 Å². The van der Waals surface area contributed by atoms with E-state index in [2.05, 4.69) is 22.2 Å². The van der Waals surface area contributed by atoms with E-state index in [4.69, 9.17) is 0 Å². The van der Waals surface area contributed by atoms with E-state index in [1.807, 2.05) is 0 Å². The summed E-state index contributed by atoms with van der Waals surface area (Å²) in [6.45, 7) is 5.26. The molecule has 1 aromatic carbocycles. The highest BCUT2D eigenvalue weighted by Crippen LogP contribution is 2.22. The zero-order chi connectivity index (χ0) is 18.0. The van der Waals surface area contributed by atoms with E-state index in [1.165, 1.54) is 12.1 Å². The van der Waals surface area contributed by atoms with Crippen molar-refractivity contribution in [2.75, 3.05) is 18.4 Å². The van der Waals surface area contributed by atoms with Gasteiger partial charge in [-0.25, -0.2) is 18.7 Å². The van der Waals surface area contributed by atoms with Crippen molar-refractivity contribution >= 4 is 17.4 Å². The molecule has 3 rings (SSSR count). The molecular formula is C18H20F2N4O. The number of benzene rings is 1. The quantitative estimate of drug-likeness (QED) is 0.921. The third-order valence-corrected chi connectivity index (χ3v) is 4.32. The Bertz CT molecular complexity index is 789. The highest BCUT2D eigenvalue weighted by Gasteiger charge is 2.23. The van der Waals surface area contributed by atoms with E-state index >= 15 is 0 Å². The minimum absolute atomic E-state index is 0.0877. The number of carbonyl (C=O) groups is 1. The number of aromatic nitrogens is 2. The predicted octanol–water partition coefficient (Wildman–Crippen LogP) is 3.68. The summed E-state index contributed by atoms with van der Waals surface area (Å²) in [5, 5.41) is 2.78. The summed E-state index contributed by atoms with van der Waals surface area (Å²) in [6.07, 6.45) is 1.95. The number of rotatable bonds is 3. The van der Waals surface area contributed by atoms with E-state index in [9.17, 15) is 13.6 Å². The highest BCUT2D eigenvalue weighted by atomic mass is 19.1. The molecule has 2 aromatic rings. The Morgan fingerprint density at radius 3 is 2.60 bits per heavy atom. The minimum Gasteiger partial charge on any atom is -0.338 e. The van der Waals surface area contributed by atoms with Gasteiger partial charge in [-0.15, -0.1) is 0 Å². The van der Waals surface area contributed by atoms with Crippen LogP contribution in [0.15, 0.2) is 24.3 Å². The van der Waals surface area contributed by atoms with Crippen LogP contribution in [0.25, 0.3) is 0 Å². The monoisotopic (exact) mass is 346 g/mol. The number of aryl methyl sites for hydroxylation is 1. The van der Waals surface area contributed by atoms with Gasteiger partial charge in [-0.05, 0) is 37.8 Å². The van der Waals surface area contributed by atoms with Gasteiger partial charge in [0.2, 0.25) is 0 Å². The standard InChI is InChI=1S/C18H20F2N4O/c1-11-5-7-24(8-6-11)18(25)16-10-17(22-12(2)21-16)23-15-4-3-13(19)9-14(15)20/h3-4,9-11H,5-8H2,1-2H3,(H,21,22,23). The zero-order valence-corrected chi connectivity index (χ0v) is 14.2. The van der Waals surface area contributed by atoms with Gasteiger partial charge < -0.3 is 10.2 Å². The number of hydrogen-bond acceptors (Lipinski definition) is 4. The summed E-state index contributed by atoms with van der Waals surface area (Å²) in [5.74, 6) is -0.214. The number of likely N-dealkylation sites (tertiary alicyclic amines) is 1. The van der Waals surface area contributed by atoms with Gasteiger partial charge in [0.25, 0.3) is 5.91 Å². The molecule has 2 heterocycles. The van der Waals surface area contributed by atoms with Crippen LogP contribution in [-0.4, -0.2) is 33.9 Å². The van der Waals surface area contributed by atoms with E-state index < -0.39 is 11.6 Å². The molecule has 0 radical (unpaired) electrons. The number of nitrogens with zero attached hydrogens (tertiary/aromatic N) is 3. The van der Waals surface area contributed by atoms with Crippen molar-refractivity contribution in [2.24, 2.45) is 5.92 Å². The first-order chi connectivity index (χ1) is 11.9. The second-order valence-corrected chi connectivity index (χ2v) is 6.41. The first-order valence-corrected chi connectivity index (χ1v) is 8.29. The Kier molecular flexibility index (Phi) is 4.92. The zero-order valence-electron chi connectivity index (χ0n) is 14.2. The van der Waals surface area contributed by atoms with Crippen LogP contribution in [0.5, 0.6) is 0 Å². The summed E-state index contributed by atoms with van der Waals surface area (Å²) in [5.41, 5.74) is 0.358. The fourth-order valence-electron chi connectivity index (χ4n) is 2.84. The van der Waals surface area contributed by atoms with E-state index in [1.54, 1.807) is 11.8 Å². The van der Waals surface area contributed by atoms with E-state index in [0.717, 1.165) is 25.0 Å². The molecule has 1 N–H and O–H groups in total. The minimum atomic E-state index is -0.728. The normalized spacial score (nSPS) is 15.3. The van der Waals surface area contributed by atoms with Crippen LogP contribution < -0.4 is 5.32 Å². The molecule has 1 fully saturated rings. The molecule has 5 nitrogen and oxygen atoms in total. The lowest BCUT2D eigenvalue weighted by molar-refractivity contribution is 0.0691. The van der Waals surface area contributed by atoms with E-state index in [-0.39, 0.29) is 17.3 Å². The molecule has 0 spiro atoms. The molecule has 0 saturated carbocycles. The van der Waals surface area contributed by atoms with Crippen LogP contribution in [-0.2, 0) is 0 Å². The molecule has 132 valence electrons. The number of piperidine rings is 1. The van der Waals surface area contributed by atoms with Gasteiger partial charge >= 0.3 is 0 Å². The smallest absolute Gasteiger partial charge is 0.272 e. The Labute approximate surface area is 145 Å². The fourth-order valence-corrected chi connectivity index (χ4v) is 2.84. The topological polar surface area (TPSA) is 58.1 Å². The maximum absolute atomic E-state index is 13.8. The van der Waals surface area contributed by atoms with Gasteiger partial charge in [0.05, 0.1) is 5.69 Å². The van der Waals surface area contributed by atoms with Gasteiger partial charge in [0, 0.05) is 25.2 Å². The van der Waals surface area contributed by atoms with Crippen molar-refractivity contribution in [1.29, 1.82) is 0 Å². The molecular weight excluding hydrogens is 326 g/mol. The molecule has 0 bridgehead atoms. The third-order valence-electron chi connectivity index (χ3n) is 4.32. The SMILES string of the molecule is Cc1nc(Nc2ccc(F)cc2F)cc(C(=O)N2CCC(C)CC2)n1. The molecule has 0 unspecified atom stereocenters. The van der Waals surface area contributed by atoms with E-state index in [0.29, 0.717) is 30.6 Å². The molecule has 0 aliphatic carbocycles. The number of nitrogens with one attached hydrogen (secondary N) is 1. The first-order valence-electron chi connectivity index (χ1n) is 8.29. The van der Waals surface area contributed by atoms with Crippen molar-refractivity contribution in [2.45, 2.75) is 26.7 Å². The Balaban J connectivity index is 1.81. The number of hydrogen-bond donors (Lipinski definition) is 1. The lowest BCUT2D eigenvalue weighted by Gasteiger charge is -2.30. The second-order valence-electron chi connectivity index (χ2n) is 6.41. The first kappa shape index (κ1) is 17.3. The van der Waals surface area contributed by atoms with Crippen molar-refractivity contribution < 1.29 is 13.6 Å². The molecule has 0 atom stereocenters.